The largest absolute Gasteiger partial charge is 0.394 e. The molecule has 1 amide bonds. The lowest BCUT2D eigenvalue weighted by Gasteiger charge is -2.27. The third-order valence-corrected chi connectivity index (χ3v) is 9.50. The first-order valence-electron chi connectivity index (χ1n) is 19.8. The molecule has 0 bridgehead atoms. The van der Waals surface area contributed by atoms with Gasteiger partial charge in [-0.15, -0.1) is 0 Å². The van der Waals surface area contributed by atoms with Gasteiger partial charge in [-0.1, -0.05) is 194 Å². The minimum absolute atomic E-state index is 0.374. The SMILES string of the molecule is CCCCCCCCCCCCCCCCCCCCC(O)C(=O)N[C@@H](CO)[C@H](O)[C@H](O)CCCCCCCCCCC(C)C. The Morgan fingerprint density at radius 3 is 1.20 bits per heavy atom. The van der Waals surface area contributed by atoms with Gasteiger partial charge in [0.25, 0.3) is 0 Å². The van der Waals surface area contributed by atoms with E-state index in [4.69, 9.17) is 0 Å². The number of amides is 1. The van der Waals surface area contributed by atoms with Crippen LogP contribution >= 0.6 is 0 Å². The van der Waals surface area contributed by atoms with E-state index in [1.807, 2.05) is 0 Å². The van der Waals surface area contributed by atoms with E-state index in [1.165, 1.54) is 135 Å². The van der Waals surface area contributed by atoms with E-state index in [9.17, 15) is 25.2 Å². The van der Waals surface area contributed by atoms with Gasteiger partial charge in [0.05, 0.1) is 18.8 Å². The number of aliphatic hydroxyl groups is 4. The van der Waals surface area contributed by atoms with Gasteiger partial charge in [-0.25, -0.2) is 0 Å². The third kappa shape index (κ3) is 29.2. The van der Waals surface area contributed by atoms with E-state index in [1.54, 1.807) is 0 Å². The zero-order valence-electron chi connectivity index (χ0n) is 30.3. The summed E-state index contributed by atoms with van der Waals surface area (Å²) in [6, 6.07) is -0.978. The molecular formula is C39H79NO5. The summed E-state index contributed by atoms with van der Waals surface area (Å²) in [5.74, 6) is 0.208. The molecule has 0 aliphatic heterocycles. The van der Waals surface area contributed by atoms with Crippen molar-refractivity contribution in [3.05, 3.63) is 0 Å². The van der Waals surface area contributed by atoms with Crippen LogP contribution in [0.3, 0.4) is 0 Å². The summed E-state index contributed by atoms with van der Waals surface area (Å²) >= 11 is 0. The molecule has 0 aromatic carbocycles. The number of carbonyl (C=O) groups is 1. The van der Waals surface area contributed by atoms with Crippen molar-refractivity contribution in [3.8, 4) is 0 Å². The minimum Gasteiger partial charge on any atom is -0.394 e. The highest BCUT2D eigenvalue weighted by molar-refractivity contribution is 5.80. The molecular weight excluding hydrogens is 562 g/mol. The highest BCUT2D eigenvalue weighted by atomic mass is 16.3. The molecule has 0 fully saturated rings. The first-order valence-corrected chi connectivity index (χ1v) is 19.8. The van der Waals surface area contributed by atoms with Crippen LogP contribution in [0, 0.1) is 5.92 Å². The van der Waals surface area contributed by atoms with Gasteiger partial charge in [-0.05, 0) is 18.8 Å². The number of hydrogen-bond donors (Lipinski definition) is 5. The molecule has 0 aliphatic carbocycles. The normalized spacial score (nSPS) is 14.5. The molecule has 0 rings (SSSR count). The molecule has 0 radical (unpaired) electrons. The Morgan fingerprint density at radius 2 is 0.844 bits per heavy atom. The van der Waals surface area contributed by atoms with Crippen LogP contribution in [0.2, 0.25) is 0 Å². The maximum atomic E-state index is 12.4. The lowest BCUT2D eigenvalue weighted by Crippen LogP contribution is -2.53. The van der Waals surface area contributed by atoms with Crippen molar-refractivity contribution in [2.75, 3.05) is 6.61 Å². The van der Waals surface area contributed by atoms with E-state index < -0.39 is 36.9 Å². The van der Waals surface area contributed by atoms with Crippen molar-refractivity contribution in [2.24, 2.45) is 5.92 Å². The fraction of sp³-hybridized carbons (Fsp3) is 0.974. The lowest BCUT2D eigenvalue weighted by atomic mass is 9.99. The smallest absolute Gasteiger partial charge is 0.249 e. The Morgan fingerprint density at radius 1 is 0.511 bits per heavy atom. The first kappa shape index (κ1) is 44.3. The summed E-state index contributed by atoms with van der Waals surface area (Å²) in [7, 11) is 0. The molecule has 1 unspecified atom stereocenters. The van der Waals surface area contributed by atoms with Crippen LogP contribution < -0.4 is 5.32 Å². The predicted octanol–water partition coefficient (Wildman–Crippen LogP) is 9.54. The van der Waals surface area contributed by atoms with E-state index in [0.29, 0.717) is 12.8 Å². The van der Waals surface area contributed by atoms with Gasteiger partial charge >= 0.3 is 0 Å². The molecule has 0 saturated heterocycles. The summed E-state index contributed by atoms with van der Waals surface area (Å²) in [5, 5.41) is 43.5. The number of hydrogen-bond acceptors (Lipinski definition) is 5. The average molecular weight is 642 g/mol. The molecule has 0 heterocycles. The van der Waals surface area contributed by atoms with E-state index in [0.717, 1.165) is 44.4 Å². The fourth-order valence-corrected chi connectivity index (χ4v) is 6.29. The molecule has 6 heteroatoms. The van der Waals surface area contributed by atoms with E-state index in [2.05, 4.69) is 26.1 Å². The predicted molar refractivity (Wildman–Crippen MR) is 191 cm³/mol. The maximum Gasteiger partial charge on any atom is 0.249 e. The molecule has 0 spiro atoms. The third-order valence-electron chi connectivity index (χ3n) is 9.50. The zero-order chi connectivity index (χ0) is 33.4. The standard InChI is InChI=1S/C39H79NO5/c1-4-5-6-7-8-9-10-11-12-13-14-15-16-17-18-23-26-29-32-37(43)39(45)40-35(33-41)38(44)36(42)31-28-25-22-20-19-21-24-27-30-34(2)3/h34-38,41-44H,4-33H2,1-3H3,(H,40,45)/t35-,36+,37?,38-/m0/s1. The van der Waals surface area contributed by atoms with Crippen LogP contribution in [0.4, 0.5) is 0 Å². The number of carbonyl (C=O) groups excluding carboxylic acids is 1. The Bertz CT molecular complexity index is 616. The second kappa shape index (κ2) is 33.2. The Labute approximate surface area is 279 Å². The second-order valence-corrected chi connectivity index (χ2v) is 14.5. The summed E-state index contributed by atoms with van der Waals surface area (Å²) < 4.78 is 0. The summed E-state index contributed by atoms with van der Waals surface area (Å²) in [5.41, 5.74) is 0. The molecule has 4 atom stereocenters. The van der Waals surface area contributed by atoms with Crippen LogP contribution in [-0.2, 0) is 4.79 Å². The van der Waals surface area contributed by atoms with E-state index in [-0.39, 0.29) is 0 Å². The van der Waals surface area contributed by atoms with Gasteiger partial charge in [0, 0.05) is 0 Å². The summed E-state index contributed by atoms with van der Waals surface area (Å²) in [6.45, 7) is 6.34. The van der Waals surface area contributed by atoms with Gasteiger partial charge in [0.1, 0.15) is 12.2 Å². The van der Waals surface area contributed by atoms with Crippen LogP contribution in [0.5, 0.6) is 0 Å². The van der Waals surface area contributed by atoms with Crippen LogP contribution in [0.25, 0.3) is 0 Å². The molecule has 45 heavy (non-hydrogen) atoms. The van der Waals surface area contributed by atoms with Crippen molar-refractivity contribution in [1.29, 1.82) is 0 Å². The van der Waals surface area contributed by atoms with Crippen molar-refractivity contribution < 1.29 is 25.2 Å². The van der Waals surface area contributed by atoms with Crippen LogP contribution in [0.1, 0.15) is 207 Å². The summed E-state index contributed by atoms with van der Waals surface area (Å²) in [6.07, 6.45) is 31.3. The summed E-state index contributed by atoms with van der Waals surface area (Å²) in [4.78, 5) is 12.4. The molecule has 0 aromatic rings. The van der Waals surface area contributed by atoms with Crippen molar-refractivity contribution in [1.82, 2.24) is 5.32 Å². The molecule has 0 aromatic heterocycles. The number of rotatable bonds is 35. The minimum atomic E-state index is -1.25. The molecule has 0 saturated carbocycles. The quantitative estimate of drug-likeness (QED) is 0.0443. The lowest BCUT2D eigenvalue weighted by molar-refractivity contribution is -0.132. The Balaban J connectivity index is 3.73. The van der Waals surface area contributed by atoms with Crippen LogP contribution in [0.15, 0.2) is 0 Å². The fourth-order valence-electron chi connectivity index (χ4n) is 6.29. The molecule has 6 nitrogen and oxygen atoms in total. The average Bonchev–Trinajstić information content (AvgIpc) is 3.03. The molecule has 5 N–H and O–H groups in total. The topological polar surface area (TPSA) is 110 Å². The number of aliphatic hydroxyl groups excluding tert-OH is 4. The monoisotopic (exact) mass is 642 g/mol. The van der Waals surface area contributed by atoms with Gasteiger partial charge in [0.15, 0.2) is 0 Å². The van der Waals surface area contributed by atoms with Gasteiger partial charge in [-0.3, -0.25) is 4.79 Å². The molecule has 0 aliphatic rings. The number of unbranched alkanes of at least 4 members (excludes halogenated alkanes) is 24. The second-order valence-electron chi connectivity index (χ2n) is 14.5. The number of nitrogens with one attached hydrogen (secondary N) is 1. The first-order chi connectivity index (χ1) is 21.8. The van der Waals surface area contributed by atoms with Crippen molar-refractivity contribution >= 4 is 5.91 Å². The molecule has 270 valence electrons. The Kier molecular flexibility index (Phi) is 32.7. The maximum absolute atomic E-state index is 12.4. The zero-order valence-corrected chi connectivity index (χ0v) is 30.3. The van der Waals surface area contributed by atoms with Gasteiger partial charge < -0.3 is 25.7 Å². The van der Waals surface area contributed by atoms with Gasteiger partial charge in [0.2, 0.25) is 5.91 Å². The van der Waals surface area contributed by atoms with Crippen molar-refractivity contribution in [2.45, 2.75) is 231 Å². The highest BCUT2D eigenvalue weighted by Crippen LogP contribution is 2.17. The van der Waals surface area contributed by atoms with Gasteiger partial charge in [-0.2, -0.15) is 0 Å². The van der Waals surface area contributed by atoms with E-state index >= 15 is 0 Å². The van der Waals surface area contributed by atoms with Crippen molar-refractivity contribution in [3.63, 3.8) is 0 Å². The Hall–Kier alpha value is -0.690. The van der Waals surface area contributed by atoms with Crippen LogP contribution in [-0.4, -0.2) is 57.3 Å². The highest BCUT2D eigenvalue weighted by Gasteiger charge is 2.28.